The van der Waals surface area contributed by atoms with Gasteiger partial charge in [-0.3, -0.25) is 10.1 Å². The number of rotatable bonds is 3. The van der Waals surface area contributed by atoms with Gasteiger partial charge in [0, 0.05) is 17.4 Å². The molecule has 0 saturated carbocycles. The van der Waals surface area contributed by atoms with Gasteiger partial charge in [0.15, 0.2) is 5.76 Å². The summed E-state index contributed by atoms with van der Waals surface area (Å²) in [5.74, 6) is -2.66. The predicted molar refractivity (Wildman–Crippen MR) is 79.9 cm³/mol. The van der Waals surface area contributed by atoms with Gasteiger partial charge in [-0.15, -0.1) is 0 Å². The third-order valence-corrected chi connectivity index (χ3v) is 5.39. The highest BCUT2D eigenvalue weighted by Crippen LogP contribution is 2.60. The summed E-state index contributed by atoms with van der Waals surface area (Å²) in [4.78, 5) is 10.1. The lowest BCUT2D eigenvalue weighted by atomic mass is 10.3. The van der Waals surface area contributed by atoms with Crippen LogP contribution in [-0.2, 0) is 0 Å². The fourth-order valence-corrected chi connectivity index (χ4v) is 3.72. The number of nitro benzene ring substituents is 1. The molecule has 98 valence electrons. The fourth-order valence-electron chi connectivity index (χ4n) is 1.45. The molecule has 0 spiro atoms. The summed E-state index contributed by atoms with van der Waals surface area (Å²) < 4.78 is 4.28. The van der Waals surface area contributed by atoms with E-state index >= 15 is 0 Å². The second kappa shape index (κ2) is 5.74. The van der Waals surface area contributed by atoms with Crippen molar-refractivity contribution in [1.29, 1.82) is 0 Å². The Bertz CT molecular complexity index is 639. The van der Waals surface area contributed by atoms with Crippen molar-refractivity contribution in [3.8, 4) is 0 Å². The van der Waals surface area contributed by atoms with Crippen molar-refractivity contribution < 1.29 is 4.92 Å². The Morgan fingerprint density at radius 2 is 1.58 bits per heavy atom. The highest BCUT2D eigenvalue weighted by molar-refractivity contribution is 8.15. The molecule has 0 aliphatic carbocycles. The van der Waals surface area contributed by atoms with Crippen molar-refractivity contribution in [2.75, 3.05) is 0 Å². The molecule has 0 fully saturated rings. The van der Waals surface area contributed by atoms with Gasteiger partial charge in [0.1, 0.15) is 0 Å². The van der Waals surface area contributed by atoms with Gasteiger partial charge in [0.05, 0.1) is 10.6 Å². The van der Waals surface area contributed by atoms with Crippen molar-refractivity contribution >= 4 is 44.9 Å². The lowest BCUT2D eigenvalue weighted by molar-refractivity contribution is -0.384. The minimum Gasteiger partial charge on any atom is -0.258 e. The zero-order chi connectivity index (χ0) is 13.9. The van der Waals surface area contributed by atoms with Crippen LogP contribution >= 0.6 is 28.2 Å². The number of non-ortho nitro benzene ring substituents is 1. The first-order valence-corrected chi connectivity index (χ1v) is 8.86. The van der Waals surface area contributed by atoms with Gasteiger partial charge in [0.2, 0.25) is 0 Å². The highest BCUT2D eigenvalue weighted by atomic mass is 35.9. The van der Waals surface area contributed by atoms with Crippen molar-refractivity contribution in [2.24, 2.45) is 4.74 Å². The maximum atomic E-state index is 10.5. The van der Waals surface area contributed by atoms with E-state index in [1.165, 1.54) is 24.3 Å². The molecule has 0 bridgehead atoms. The topological polar surface area (TPSA) is 55.5 Å². The monoisotopic (exact) mass is 314 g/mol. The summed E-state index contributed by atoms with van der Waals surface area (Å²) in [6.45, 7) is 0. The third kappa shape index (κ3) is 3.57. The van der Waals surface area contributed by atoms with E-state index in [9.17, 15) is 10.1 Å². The standard InChI is InChI=1S/C12H9Cl2N2O2P/c13-19(14,12-4-2-1-3-5-12)15-10-6-8-11(9-7-10)16(17)18/h1-9H. The molecule has 7 heteroatoms. The minimum atomic E-state index is -2.66. The quantitative estimate of drug-likeness (QED) is 0.451. The zero-order valence-corrected chi connectivity index (χ0v) is 12.0. The Balaban J connectivity index is 2.37. The first-order chi connectivity index (χ1) is 8.99. The average Bonchev–Trinajstić information content (AvgIpc) is 2.40. The van der Waals surface area contributed by atoms with E-state index in [-0.39, 0.29) is 5.69 Å². The molecule has 0 aliphatic heterocycles. The largest absolute Gasteiger partial charge is 0.269 e. The summed E-state index contributed by atoms with van der Waals surface area (Å²) in [7, 11) is 0. The van der Waals surface area contributed by atoms with E-state index in [1.54, 1.807) is 0 Å². The molecule has 0 radical (unpaired) electrons. The Morgan fingerprint density at radius 3 is 2.11 bits per heavy atom. The maximum absolute atomic E-state index is 10.5. The number of nitrogens with zero attached hydrogens (tertiary/aromatic N) is 2. The van der Waals surface area contributed by atoms with E-state index in [4.69, 9.17) is 22.5 Å². The predicted octanol–water partition coefficient (Wildman–Crippen LogP) is 5.06. The molecule has 0 atom stereocenters. The van der Waals surface area contributed by atoms with Crippen molar-refractivity contribution in [3.63, 3.8) is 0 Å². The average molecular weight is 315 g/mol. The lowest BCUT2D eigenvalue weighted by Crippen LogP contribution is -1.94. The molecule has 2 aromatic rings. The molecule has 0 amide bonds. The van der Waals surface area contributed by atoms with Gasteiger partial charge in [-0.25, -0.2) is 4.74 Å². The highest BCUT2D eigenvalue weighted by Gasteiger charge is 2.15. The number of benzene rings is 2. The molecular weight excluding hydrogens is 306 g/mol. The van der Waals surface area contributed by atoms with Crippen LogP contribution in [0.25, 0.3) is 0 Å². The third-order valence-electron chi connectivity index (χ3n) is 2.37. The van der Waals surface area contributed by atoms with Crippen LogP contribution in [0.4, 0.5) is 11.4 Å². The molecular formula is C12H9Cl2N2O2P. The second-order valence-corrected chi connectivity index (χ2v) is 8.83. The molecule has 4 nitrogen and oxygen atoms in total. The first-order valence-electron chi connectivity index (χ1n) is 5.31. The number of nitro groups is 1. The second-order valence-electron chi connectivity index (χ2n) is 3.69. The van der Waals surface area contributed by atoms with Crippen molar-refractivity contribution in [1.82, 2.24) is 0 Å². The van der Waals surface area contributed by atoms with Crippen LogP contribution in [0.15, 0.2) is 59.3 Å². The van der Waals surface area contributed by atoms with Crippen LogP contribution in [0.1, 0.15) is 0 Å². The van der Waals surface area contributed by atoms with Crippen LogP contribution in [0.2, 0.25) is 0 Å². The Kier molecular flexibility index (Phi) is 4.25. The van der Waals surface area contributed by atoms with E-state index in [1.807, 2.05) is 30.3 Å². The molecule has 0 aromatic heterocycles. The van der Waals surface area contributed by atoms with Crippen LogP contribution in [0, 0.1) is 10.1 Å². The Morgan fingerprint density at radius 1 is 1.00 bits per heavy atom. The molecule has 19 heavy (non-hydrogen) atoms. The summed E-state index contributed by atoms with van der Waals surface area (Å²) in [5, 5.41) is 11.3. The Labute approximate surface area is 119 Å². The van der Waals surface area contributed by atoms with Gasteiger partial charge in [-0.1, -0.05) is 52.8 Å². The number of halogens is 2. The van der Waals surface area contributed by atoms with Crippen LogP contribution in [-0.4, -0.2) is 4.92 Å². The smallest absolute Gasteiger partial charge is 0.258 e. The molecule has 0 heterocycles. The first kappa shape index (κ1) is 14.1. The van der Waals surface area contributed by atoms with Crippen LogP contribution in [0.5, 0.6) is 0 Å². The molecule has 2 aromatic carbocycles. The van der Waals surface area contributed by atoms with Gasteiger partial charge in [0.25, 0.3) is 5.69 Å². The van der Waals surface area contributed by atoms with E-state index < -0.39 is 10.7 Å². The Hall–Kier alpha value is -1.35. The summed E-state index contributed by atoms with van der Waals surface area (Å²) in [5.41, 5.74) is 0.527. The summed E-state index contributed by atoms with van der Waals surface area (Å²) in [6, 6.07) is 14.9. The number of hydrogen-bond donors (Lipinski definition) is 0. The van der Waals surface area contributed by atoms with Crippen molar-refractivity contribution in [2.45, 2.75) is 0 Å². The summed E-state index contributed by atoms with van der Waals surface area (Å²) in [6.07, 6.45) is 0. The molecule has 0 saturated heterocycles. The SMILES string of the molecule is O=[N+]([O-])c1ccc(N=P(Cl)(Cl)c2ccccc2)cc1. The van der Waals surface area contributed by atoms with E-state index in [0.717, 1.165) is 5.30 Å². The van der Waals surface area contributed by atoms with Gasteiger partial charge in [-0.05, 0) is 12.1 Å². The van der Waals surface area contributed by atoms with E-state index in [0.29, 0.717) is 5.69 Å². The lowest BCUT2D eigenvalue weighted by Gasteiger charge is -2.08. The molecule has 0 unspecified atom stereocenters. The summed E-state index contributed by atoms with van der Waals surface area (Å²) >= 11 is 12.5. The maximum Gasteiger partial charge on any atom is 0.269 e. The normalized spacial score (nSPS) is 11.1. The minimum absolute atomic E-state index is 0.00624. The zero-order valence-electron chi connectivity index (χ0n) is 9.61. The molecule has 0 N–H and O–H groups in total. The van der Waals surface area contributed by atoms with Crippen molar-refractivity contribution in [3.05, 3.63) is 64.7 Å². The fraction of sp³-hybridized carbons (Fsp3) is 0. The van der Waals surface area contributed by atoms with Gasteiger partial charge in [-0.2, -0.15) is 0 Å². The van der Waals surface area contributed by atoms with Gasteiger partial charge < -0.3 is 0 Å². The molecule has 0 aliphatic rings. The van der Waals surface area contributed by atoms with Gasteiger partial charge >= 0.3 is 0 Å². The van der Waals surface area contributed by atoms with Crippen LogP contribution < -0.4 is 5.30 Å². The molecule has 2 rings (SSSR count). The van der Waals surface area contributed by atoms with E-state index in [2.05, 4.69) is 4.74 Å². The van der Waals surface area contributed by atoms with Crippen LogP contribution in [0.3, 0.4) is 0 Å². The number of hydrogen-bond acceptors (Lipinski definition) is 3.